The second-order valence-electron chi connectivity index (χ2n) is 6.75. The molecule has 4 rings (SSSR count). The van der Waals surface area contributed by atoms with Crippen molar-refractivity contribution >= 4 is 30.8 Å². The first kappa shape index (κ1) is 20.3. The molecule has 0 N–H and O–H groups in total. The molecule has 7 heteroatoms. The maximum absolute atomic E-state index is 13.4. The zero-order chi connectivity index (χ0) is 21.2. The van der Waals surface area contributed by atoms with E-state index in [9.17, 15) is 16.8 Å². The van der Waals surface area contributed by atoms with Crippen molar-refractivity contribution in [1.29, 1.82) is 0 Å². The van der Waals surface area contributed by atoms with Crippen LogP contribution in [0.25, 0.3) is 10.8 Å². The lowest BCUT2D eigenvalue weighted by atomic mass is 10.1. The van der Waals surface area contributed by atoms with Crippen LogP contribution in [0.3, 0.4) is 0 Å². The van der Waals surface area contributed by atoms with Gasteiger partial charge in [-0.25, -0.2) is 16.8 Å². The van der Waals surface area contributed by atoms with Gasteiger partial charge in [-0.3, -0.25) is 0 Å². The molecular formula is C23H19NO4S2. The van der Waals surface area contributed by atoms with E-state index in [-0.39, 0.29) is 16.3 Å². The van der Waals surface area contributed by atoms with Crippen molar-refractivity contribution in [1.82, 2.24) is 3.71 Å². The fourth-order valence-electron chi connectivity index (χ4n) is 3.21. The normalized spacial score (nSPS) is 12.3. The summed E-state index contributed by atoms with van der Waals surface area (Å²) in [6, 6.07) is 28.2. The molecule has 0 saturated carbocycles. The summed E-state index contributed by atoms with van der Waals surface area (Å²) in [5.74, 6) is 0. The lowest BCUT2D eigenvalue weighted by Crippen LogP contribution is -2.36. The molecule has 0 aliphatic rings. The number of fused-ring (bicyclic) bond motifs is 1. The summed E-state index contributed by atoms with van der Waals surface area (Å²) in [6.07, 6.45) is 0. The summed E-state index contributed by atoms with van der Waals surface area (Å²) in [5.41, 5.74) is 0.577. The number of hydrogen-bond donors (Lipinski definition) is 0. The van der Waals surface area contributed by atoms with E-state index in [0.29, 0.717) is 9.27 Å². The highest BCUT2D eigenvalue weighted by Gasteiger charge is 2.36. The third-order valence-corrected chi connectivity index (χ3v) is 8.99. The van der Waals surface area contributed by atoms with Crippen molar-refractivity contribution in [3.8, 4) is 0 Å². The molecule has 0 bridgehead atoms. The molecule has 0 aliphatic heterocycles. The summed E-state index contributed by atoms with van der Waals surface area (Å²) in [4.78, 5) is -0.157. The fourth-order valence-corrected chi connectivity index (χ4v) is 6.87. The highest BCUT2D eigenvalue weighted by Crippen LogP contribution is 2.27. The Morgan fingerprint density at radius 1 is 0.533 bits per heavy atom. The molecule has 0 saturated heterocycles. The molecule has 30 heavy (non-hydrogen) atoms. The van der Waals surface area contributed by atoms with Gasteiger partial charge < -0.3 is 0 Å². The summed E-state index contributed by atoms with van der Waals surface area (Å²) in [5, 5.41) is 1.90. The molecule has 0 amide bonds. The molecular weight excluding hydrogens is 418 g/mol. The molecule has 0 spiro atoms. The molecule has 4 aromatic carbocycles. The molecule has 0 aromatic heterocycles. The first-order valence-electron chi connectivity index (χ1n) is 9.25. The number of nitrogens with zero attached hydrogens (tertiary/aromatic N) is 1. The van der Waals surface area contributed by atoms with E-state index in [2.05, 4.69) is 0 Å². The first-order chi connectivity index (χ1) is 14.4. The zero-order valence-electron chi connectivity index (χ0n) is 15.9. The monoisotopic (exact) mass is 437 g/mol. The minimum absolute atomic E-state index is 0.0784. The molecule has 0 fully saturated rings. The Kier molecular flexibility index (Phi) is 5.42. The molecule has 0 heterocycles. The number of sulfonamides is 2. The second-order valence-corrected chi connectivity index (χ2v) is 10.7. The highest BCUT2D eigenvalue weighted by atomic mass is 32.3. The van der Waals surface area contributed by atoms with Crippen LogP contribution in [0.15, 0.2) is 113 Å². The van der Waals surface area contributed by atoms with Crippen molar-refractivity contribution in [3.05, 3.63) is 109 Å². The Morgan fingerprint density at radius 3 is 1.53 bits per heavy atom. The van der Waals surface area contributed by atoms with E-state index in [0.717, 1.165) is 10.8 Å². The van der Waals surface area contributed by atoms with Gasteiger partial charge in [-0.1, -0.05) is 76.5 Å². The number of benzene rings is 4. The van der Waals surface area contributed by atoms with Gasteiger partial charge >= 0.3 is 0 Å². The average Bonchev–Trinajstić information content (AvgIpc) is 2.78. The van der Waals surface area contributed by atoms with Crippen molar-refractivity contribution < 1.29 is 16.8 Å². The van der Waals surface area contributed by atoms with Crippen LogP contribution in [0.5, 0.6) is 0 Å². The van der Waals surface area contributed by atoms with Gasteiger partial charge in [-0.05, 0) is 46.7 Å². The van der Waals surface area contributed by atoms with Gasteiger partial charge in [0.2, 0.25) is 0 Å². The highest BCUT2D eigenvalue weighted by molar-refractivity contribution is 8.04. The van der Waals surface area contributed by atoms with E-state index >= 15 is 0 Å². The molecule has 0 atom stereocenters. The Morgan fingerprint density at radius 2 is 1.00 bits per heavy atom. The fraction of sp³-hybridized carbons (Fsp3) is 0.0435. The van der Waals surface area contributed by atoms with Gasteiger partial charge in [0, 0.05) is 0 Å². The Bertz CT molecular complexity index is 1320. The smallest absolute Gasteiger partial charge is 0.206 e. The molecule has 4 aromatic rings. The molecule has 5 nitrogen and oxygen atoms in total. The summed E-state index contributed by atoms with van der Waals surface area (Å²) >= 11 is 0. The maximum Gasteiger partial charge on any atom is 0.256 e. The lowest BCUT2D eigenvalue weighted by molar-refractivity contribution is 0.494. The van der Waals surface area contributed by atoms with E-state index in [1.54, 1.807) is 42.5 Å². The third-order valence-electron chi connectivity index (χ3n) is 4.74. The van der Waals surface area contributed by atoms with Crippen molar-refractivity contribution in [2.24, 2.45) is 0 Å². The Labute approximate surface area is 176 Å². The SMILES string of the molecule is O=S(=O)(c1ccccc1)N(Cc1ccc2ccccc2c1)S(=O)(=O)c1ccccc1. The van der Waals surface area contributed by atoms with E-state index in [1.165, 1.54) is 24.3 Å². The zero-order valence-corrected chi connectivity index (χ0v) is 17.6. The summed E-state index contributed by atoms with van der Waals surface area (Å²) in [7, 11) is -8.63. The Hall–Kier alpha value is -3.00. The quantitative estimate of drug-likeness (QED) is 0.448. The van der Waals surface area contributed by atoms with Crippen molar-refractivity contribution in [2.75, 3.05) is 0 Å². The van der Waals surface area contributed by atoms with Crippen LogP contribution in [0.1, 0.15) is 5.56 Å². The van der Waals surface area contributed by atoms with Gasteiger partial charge in [0.15, 0.2) is 0 Å². The minimum atomic E-state index is -4.31. The van der Waals surface area contributed by atoms with Crippen LogP contribution in [-0.4, -0.2) is 20.5 Å². The molecule has 0 radical (unpaired) electrons. The molecule has 152 valence electrons. The van der Waals surface area contributed by atoms with Gasteiger partial charge in [0.05, 0.1) is 16.3 Å². The first-order valence-corrected chi connectivity index (χ1v) is 12.1. The van der Waals surface area contributed by atoms with Crippen LogP contribution in [0, 0.1) is 0 Å². The Balaban J connectivity index is 1.85. The number of rotatable bonds is 6. The van der Waals surface area contributed by atoms with E-state index < -0.39 is 20.0 Å². The van der Waals surface area contributed by atoms with Crippen molar-refractivity contribution in [3.63, 3.8) is 0 Å². The predicted molar refractivity (Wildman–Crippen MR) is 117 cm³/mol. The average molecular weight is 438 g/mol. The van der Waals surface area contributed by atoms with Crippen molar-refractivity contribution in [2.45, 2.75) is 16.3 Å². The maximum atomic E-state index is 13.4. The van der Waals surface area contributed by atoms with Gasteiger partial charge in [-0.2, -0.15) is 0 Å². The predicted octanol–water partition coefficient (Wildman–Crippen LogP) is 4.42. The second kappa shape index (κ2) is 8.02. The summed E-state index contributed by atoms with van der Waals surface area (Å²) in [6.45, 7) is -0.306. The van der Waals surface area contributed by atoms with E-state index in [4.69, 9.17) is 0 Å². The topological polar surface area (TPSA) is 71.5 Å². The minimum Gasteiger partial charge on any atom is -0.206 e. The molecule has 0 unspecified atom stereocenters. The van der Waals surface area contributed by atoms with Gasteiger partial charge in [-0.15, -0.1) is 0 Å². The lowest BCUT2D eigenvalue weighted by Gasteiger charge is -2.22. The third kappa shape index (κ3) is 3.87. The van der Waals surface area contributed by atoms with Crippen LogP contribution in [0.2, 0.25) is 0 Å². The van der Waals surface area contributed by atoms with Gasteiger partial charge in [0.25, 0.3) is 20.0 Å². The largest absolute Gasteiger partial charge is 0.256 e. The standard InChI is InChI=1S/C23H19NO4S2/c25-29(26,22-11-3-1-4-12-22)24(30(27,28)23-13-5-2-6-14-23)18-19-15-16-20-9-7-8-10-21(20)17-19/h1-17H,18H2. The molecule has 0 aliphatic carbocycles. The van der Waals surface area contributed by atoms with E-state index in [1.807, 2.05) is 36.4 Å². The van der Waals surface area contributed by atoms with Crippen LogP contribution in [0.4, 0.5) is 0 Å². The van der Waals surface area contributed by atoms with Crippen LogP contribution >= 0.6 is 0 Å². The summed E-state index contributed by atoms with van der Waals surface area (Å²) < 4.78 is 54.0. The number of hydrogen-bond acceptors (Lipinski definition) is 4. The van der Waals surface area contributed by atoms with Crippen LogP contribution in [-0.2, 0) is 26.6 Å². The van der Waals surface area contributed by atoms with Gasteiger partial charge in [0.1, 0.15) is 0 Å². The van der Waals surface area contributed by atoms with Crippen LogP contribution < -0.4 is 0 Å².